The lowest BCUT2D eigenvalue weighted by Gasteiger charge is -2.25. The Hall–Kier alpha value is -1.22. The van der Waals surface area contributed by atoms with E-state index in [1.165, 1.54) is 0 Å². The maximum Gasteiger partial charge on any atom is 0.314 e. The van der Waals surface area contributed by atoms with E-state index in [9.17, 15) is 14.7 Å². The predicted octanol–water partition coefficient (Wildman–Crippen LogP) is -0.237. The number of carbonyl (C=O) groups excluding carboxylic acids is 1. The van der Waals surface area contributed by atoms with Gasteiger partial charge < -0.3 is 29.5 Å². The molecule has 8 nitrogen and oxygen atoms in total. The largest absolute Gasteiger partial charge is 0.481 e. The zero-order chi connectivity index (χ0) is 16.3. The van der Waals surface area contributed by atoms with E-state index in [1.807, 2.05) is 0 Å². The van der Waals surface area contributed by atoms with Crippen molar-refractivity contribution in [3.05, 3.63) is 0 Å². The van der Waals surface area contributed by atoms with Crippen molar-refractivity contribution in [2.45, 2.75) is 39.1 Å². The lowest BCUT2D eigenvalue weighted by atomic mass is 9.97. The van der Waals surface area contributed by atoms with Gasteiger partial charge in [0.15, 0.2) is 0 Å². The zero-order valence-corrected chi connectivity index (χ0v) is 12.4. The van der Waals surface area contributed by atoms with E-state index in [0.717, 1.165) is 0 Å². The summed E-state index contributed by atoms with van der Waals surface area (Å²) < 4.78 is 15.2. The third-order valence-electron chi connectivity index (χ3n) is 2.73. The first kappa shape index (κ1) is 19.8. The number of aliphatic carboxylic acids is 1. The van der Waals surface area contributed by atoms with Crippen molar-refractivity contribution < 1.29 is 39.1 Å². The molecule has 21 heavy (non-hydrogen) atoms. The molecule has 8 heteroatoms. The Morgan fingerprint density at radius 2 is 1.67 bits per heavy atom. The molecule has 0 aliphatic carbocycles. The summed E-state index contributed by atoms with van der Waals surface area (Å²) in [4.78, 5) is 22.7. The maximum absolute atomic E-state index is 12.1. The molecule has 0 aromatic heterocycles. The van der Waals surface area contributed by atoms with Gasteiger partial charge in [-0.15, -0.1) is 0 Å². The Morgan fingerprint density at radius 3 is 2.10 bits per heavy atom. The highest BCUT2D eigenvalue weighted by atomic mass is 16.7. The molecule has 0 aromatic rings. The third kappa shape index (κ3) is 7.96. The van der Waals surface area contributed by atoms with Crippen LogP contribution in [0.4, 0.5) is 0 Å². The standard InChI is InChI=1S/C13H24O8/c1-3-19-10(7-14)9(5-6-11(16)17)13(18)21-12(8-15)20-4-2/h9-10,12,14-15H,3-8H2,1-2H3,(H,16,17). The molecular formula is C13H24O8. The highest BCUT2D eigenvalue weighted by molar-refractivity contribution is 5.74. The molecule has 3 unspecified atom stereocenters. The highest BCUT2D eigenvalue weighted by Gasteiger charge is 2.32. The number of rotatable bonds is 12. The molecule has 124 valence electrons. The zero-order valence-electron chi connectivity index (χ0n) is 12.4. The molecule has 0 fully saturated rings. The van der Waals surface area contributed by atoms with E-state index in [0.29, 0.717) is 0 Å². The Bertz CT molecular complexity index is 307. The minimum Gasteiger partial charge on any atom is -0.481 e. The van der Waals surface area contributed by atoms with Crippen molar-refractivity contribution in [1.82, 2.24) is 0 Å². The Balaban J connectivity index is 4.81. The van der Waals surface area contributed by atoms with Crippen molar-refractivity contribution >= 4 is 11.9 Å². The molecule has 3 N–H and O–H groups in total. The topological polar surface area (TPSA) is 123 Å². The van der Waals surface area contributed by atoms with Crippen LogP contribution in [0.1, 0.15) is 26.7 Å². The average Bonchev–Trinajstić information content (AvgIpc) is 2.45. The smallest absolute Gasteiger partial charge is 0.314 e. The summed E-state index contributed by atoms with van der Waals surface area (Å²) in [5, 5.41) is 27.0. The lowest BCUT2D eigenvalue weighted by Crippen LogP contribution is -2.38. The van der Waals surface area contributed by atoms with E-state index in [-0.39, 0.29) is 26.1 Å². The van der Waals surface area contributed by atoms with Crippen LogP contribution >= 0.6 is 0 Å². The van der Waals surface area contributed by atoms with Gasteiger partial charge in [0.2, 0.25) is 6.29 Å². The first-order valence-electron chi connectivity index (χ1n) is 6.87. The van der Waals surface area contributed by atoms with Crippen LogP contribution in [0.5, 0.6) is 0 Å². The molecule has 0 aliphatic rings. The lowest BCUT2D eigenvalue weighted by molar-refractivity contribution is -0.195. The normalized spacial score (nSPS) is 15.2. The van der Waals surface area contributed by atoms with Gasteiger partial charge in [-0.05, 0) is 20.3 Å². The van der Waals surface area contributed by atoms with Crippen LogP contribution < -0.4 is 0 Å². The molecule has 0 aromatic carbocycles. The summed E-state index contributed by atoms with van der Waals surface area (Å²) in [7, 11) is 0. The van der Waals surface area contributed by atoms with Crippen molar-refractivity contribution in [2.75, 3.05) is 26.4 Å². The van der Waals surface area contributed by atoms with Crippen molar-refractivity contribution in [2.24, 2.45) is 5.92 Å². The van der Waals surface area contributed by atoms with Crippen LogP contribution in [-0.2, 0) is 23.8 Å². The molecule has 0 saturated heterocycles. The van der Waals surface area contributed by atoms with Crippen molar-refractivity contribution in [3.8, 4) is 0 Å². The molecule has 0 amide bonds. The van der Waals surface area contributed by atoms with E-state index >= 15 is 0 Å². The van der Waals surface area contributed by atoms with Gasteiger partial charge in [0.1, 0.15) is 6.61 Å². The Kier molecular flexibility index (Phi) is 10.8. The van der Waals surface area contributed by atoms with Crippen LogP contribution in [-0.4, -0.2) is 66.1 Å². The van der Waals surface area contributed by atoms with E-state index in [1.54, 1.807) is 13.8 Å². The quantitative estimate of drug-likeness (QED) is 0.333. The number of esters is 1. The minimum atomic E-state index is -1.12. The molecular weight excluding hydrogens is 284 g/mol. The summed E-state index contributed by atoms with van der Waals surface area (Å²) in [5.41, 5.74) is 0. The average molecular weight is 308 g/mol. The number of carboxylic acids is 1. The van der Waals surface area contributed by atoms with Gasteiger partial charge in [0, 0.05) is 19.6 Å². The Morgan fingerprint density at radius 1 is 1.05 bits per heavy atom. The molecule has 0 aliphatic heterocycles. The second kappa shape index (κ2) is 11.4. The fourth-order valence-corrected chi connectivity index (χ4v) is 1.77. The van der Waals surface area contributed by atoms with E-state index < -0.39 is 43.5 Å². The van der Waals surface area contributed by atoms with Gasteiger partial charge in [-0.3, -0.25) is 9.59 Å². The van der Waals surface area contributed by atoms with Crippen LogP contribution in [0, 0.1) is 5.92 Å². The third-order valence-corrected chi connectivity index (χ3v) is 2.73. The molecule has 0 bridgehead atoms. The first-order valence-corrected chi connectivity index (χ1v) is 6.87. The van der Waals surface area contributed by atoms with Gasteiger partial charge in [-0.25, -0.2) is 0 Å². The summed E-state index contributed by atoms with van der Waals surface area (Å²) in [6, 6.07) is 0. The molecule has 0 heterocycles. The summed E-state index contributed by atoms with van der Waals surface area (Å²) in [5.74, 6) is -2.78. The van der Waals surface area contributed by atoms with Gasteiger partial charge >= 0.3 is 11.9 Å². The second-order valence-corrected chi connectivity index (χ2v) is 4.22. The van der Waals surface area contributed by atoms with Crippen molar-refractivity contribution in [1.29, 1.82) is 0 Å². The highest BCUT2D eigenvalue weighted by Crippen LogP contribution is 2.18. The molecule has 3 atom stereocenters. The molecule has 0 spiro atoms. The summed E-state index contributed by atoms with van der Waals surface area (Å²) in [6.07, 6.45) is -2.27. The number of aliphatic hydroxyl groups excluding tert-OH is 2. The number of carboxylic acid groups (broad SMARTS) is 1. The van der Waals surface area contributed by atoms with Crippen LogP contribution in [0.2, 0.25) is 0 Å². The van der Waals surface area contributed by atoms with Crippen LogP contribution in [0.15, 0.2) is 0 Å². The van der Waals surface area contributed by atoms with Crippen LogP contribution in [0.3, 0.4) is 0 Å². The fraction of sp³-hybridized carbons (Fsp3) is 0.846. The number of hydrogen-bond donors (Lipinski definition) is 3. The monoisotopic (exact) mass is 308 g/mol. The van der Waals surface area contributed by atoms with Gasteiger partial charge in [0.05, 0.1) is 18.6 Å². The number of aliphatic hydroxyl groups is 2. The number of ether oxygens (including phenoxy) is 3. The summed E-state index contributed by atoms with van der Waals surface area (Å²) in [6.45, 7) is 2.92. The first-order chi connectivity index (χ1) is 9.99. The van der Waals surface area contributed by atoms with Crippen molar-refractivity contribution in [3.63, 3.8) is 0 Å². The maximum atomic E-state index is 12.1. The van der Waals surface area contributed by atoms with Gasteiger partial charge in [0.25, 0.3) is 0 Å². The van der Waals surface area contributed by atoms with E-state index in [2.05, 4.69) is 0 Å². The van der Waals surface area contributed by atoms with Gasteiger partial charge in [-0.1, -0.05) is 0 Å². The number of carbonyl (C=O) groups is 2. The van der Waals surface area contributed by atoms with Gasteiger partial charge in [-0.2, -0.15) is 0 Å². The fourth-order valence-electron chi connectivity index (χ4n) is 1.77. The molecule has 0 saturated carbocycles. The molecule has 0 radical (unpaired) electrons. The second-order valence-electron chi connectivity index (χ2n) is 4.22. The van der Waals surface area contributed by atoms with E-state index in [4.69, 9.17) is 24.4 Å². The Labute approximate surface area is 123 Å². The predicted molar refractivity (Wildman–Crippen MR) is 71.5 cm³/mol. The number of hydrogen-bond acceptors (Lipinski definition) is 7. The SMILES string of the molecule is CCOC(CO)OC(=O)C(CCC(=O)O)C(CO)OCC. The molecule has 0 rings (SSSR count). The summed E-state index contributed by atoms with van der Waals surface area (Å²) >= 11 is 0. The van der Waals surface area contributed by atoms with Crippen LogP contribution in [0.25, 0.3) is 0 Å². The minimum absolute atomic E-state index is 0.0380.